The largest absolute Gasteiger partial charge is 0.464 e. The van der Waals surface area contributed by atoms with Gasteiger partial charge >= 0.3 is 0 Å². The molecule has 0 bridgehead atoms. The molecule has 0 aliphatic heterocycles. The van der Waals surface area contributed by atoms with Crippen LogP contribution in [-0.4, -0.2) is 5.91 Å². The number of rotatable bonds is 5. The van der Waals surface area contributed by atoms with Gasteiger partial charge in [-0.15, -0.1) is 0 Å². The minimum absolute atomic E-state index is 0.00831. The SMILES string of the molecule is Cc1ccc(C(C)NC(=O)CCc2cccc(N)c2)o1. The van der Waals surface area contributed by atoms with Gasteiger partial charge in [0.2, 0.25) is 5.91 Å². The lowest BCUT2D eigenvalue weighted by molar-refractivity contribution is -0.121. The molecule has 4 nitrogen and oxygen atoms in total. The second-order valence-corrected chi connectivity index (χ2v) is 4.98. The fourth-order valence-corrected chi connectivity index (χ4v) is 2.08. The van der Waals surface area contributed by atoms with Gasteiger partial charge in [0, 0.05) is 12.1 Å². The Bertz CT molecular complexity index is 590. The minimum Gasteiger partial charge on any atom is -0.464 e. The molecule has 0 radical (unpaired) electrons. The van der Waals surface area contributed by atoms with Gasteiger partial charge in [-0.1, -0.05) is 12.1 Å². The van der Waals surface area contributed by atoms with Crippen LogP contribution in [0.15, 0.2) is 40.8 Å². The number of nitrogens with two attached hydrogens (primary N) is 1. The molecule has 0 saturated carbocycles. The lowest BCUT2D eigenvalue weighted by Crippen LogP contribution is -2.26. The number of amides is 1. The van der Waals surface area contributed by atoms with Gasteiger partial charge in [-0.2, -0.15) is 0 Å². The monoisotopic (exact) mass is 272 g/mol. The zero-order valence-corrected chi connectivity index (χ0v) is 11.8. The predicted octanol–water partition coefficient (Wildman–Crippen LogP) is 2.98. The lowest BCUT2D eigenvalue weighted by atomic mass is 10.1. The highest BCUT2D eigenvalue weighted by atomic mass is 16.3. The van der Waals surface area contributed by atoms with E-state index in [-0.39, 0.29) is 11.9 Å². The Kier molecular flexibility index (Phi) is 4.45. The summed E-state index contributed by atoms with van der Waals surface area (Å²) in [7, 11) is 0. The maximum atomic E-state index is 11.9. The first-order chi connectivity index (χ1) is 9.54. The average Bonchev–Trinajstić information content (AvgIpc) is 2.83. The molecule has 0 spiro atoms. The van der Waals surface area contributed by atoms with E-state index in [1.807, 2.05) is 50.2 Å². The zero-order chi connectivity index (χ0) is 14.5. The van der Waals surface area contributed by atoms with Crippen LogP contribution < -0.4 is 11.1 Å². The molecule has 4 heteroatoms. The van der Waals surface area contributed by atoms with Crippen molar-refractivity contribution in [1.29, 1.82) is 0 Å². The molecular formula is C16H20N2O2. The first-order valence-electron chi connectivity index (χ1n) is 6.74. The van der Waals surface area contributed by atoms with Crippen LogP contribution >= 0.6 is 0 Å². The van der Waals surface area contributed by atoms with Crippen LogP contribution in [0.4, 0.5) is 5.69 Å². The van der Waals surface area contributed by atoms with E-state index in [9.17, 15) is 4.79 Å². The van der Waals surface area contributed by atoms with E-state index >= 15 is 0 Å². The molecule has 1 aromatic carbocycles. The number of benzene rings is 1. The first kappa shape index (κ1) is 14.2. The second kappa shape index (κ2) is 6.28. The minimum atomic E-state index is -0.114. The predicted molar refractivity (Wildman–Crippen MR) is 79.2 cm³/mol. The molecule has 1 amide bonds. The van der Waals surface area contributed by atoms with Gasteiger partial charge in [0.1, 0.15) is 11.5 Å². The van der Waals surface area contributed by atoms with Gasteiger partial charge in [0.05, 0.1) is 6.04 Å². The number of anilines is 1. The summed E-state index contributed by atoms with van der Waals surface area (Å²) in [4.78, 5) is 11.9. The summed E-state index contributed by atoms with van der Waals surface area (Å²) in [5, 5.41) is 2.93. The average molecular weight is 272 g/mol. The van der Waals surface area contributed by atoms with Crippen molar-refractivity contribution in [2.45, 2.75) is 32.7 Å². The summed E-state index contributed by atoms with van der Waals surface area (Å²) in [5.41, 5.74) is 7.51. The Balaban J connectivity index is 1.83. The molecule has 1 heterocycles. The molecule has 20 heavy (non-hydrogen) atoms. The number of nitrogens with one attached hydrogen (secondary N) is 1. The Morgan fingerprint density at radius 3 is 2.80 bits per heavy atom. The van der Waals surface area contributed by atoms with Crippen LogP contribution in [0.1, 0.15) is 36.5 Å². The number of carbonyl (C=O) groups is 1. The van der Waals surface area contributed by atoms with E-state index in [0.29, 0.717) is 12.8 Å². The van der Waals surface area contributed by atoms with Crippen LogP contribution in [0.2, 0.25) is 0 Å². The number of carbonyl (C=O) groups excluding carboxylic acids is 1. The zero-order valence-electron chi connectivity index (χ0n) is 11.8. The molecule has 0 aliphatic rings. The Hall–Kier alpha value is -2.23. The summed E-state index contributed by atoms with van der Waals surface area (Å²) >= 11 is 0. The maximum Gasteiger partial charge on any atom is 0.220 e. The highest BCUT2D eigenvalue weighted by Gasteiger charge is 2.12. The van der Waals surface area contributed by atoms with Crippen LogP contribution in [0.3, 0.4) is 0 Å². The van der Waals surface area contributed by atoms with E-state index in [4.69, 9.17) is 10.2 Å². The van der Waals surface area contributed by atoms with Crippen molar-refractivity contribution in [3.05, 3.63) is 53.5 Å². The number of nitrogen functional groups attached to an aromatic ring is 1. The molecule has 3 N–H and O–H groups in total. The molecule has 1 atom stereocenters. The van der Waals surface area contributed by atoms with E-state index in [0.717, 1.165) is 22.8 Å². The van der Waals surface area contributed by atoms with E-state index < -0.39 is 0 Å². The Morgan fingerprint density at radius 2 is 2.15 bits per heavy atom. The normalized spacial score (nSPS) is 12.1. The lowest BCUT2D eigenvalue weighted by Gasteiger charge is -2.11. The quantitative estimate of drug-likeness (QED) is 0.822. The van der Waals surface area contributed by atoms with Crippen LogP contribution in [0.5, 0.6) is 0 Å². The molecule has 2 rings (SSSR count). The van der Waals surface area contributed by atoms with Crippen molar-refractivity contribution in [2.75, 3.05) is 5.73 Å². The van der Waals surface area contributed by atoms with Crippen molar-refractivity contribution in [3.63, 3.8) is 0 Å². The van der Waals surface area contributed by atoms with E-state index in [2.05, 4.69) is 5.32 Å². The smallest absolute Gasteiger partial charge is 0.220 e. The topological polar surface area (TPSA) is 68.3 Å². The van der Waals surface area contributed by atoms with Gasteiger partial charge < -0.3 is 15.5 Å². The molecule has 1 aromatic heterocycles. The third-order valence-electron chi connectivity index (χ3n) is 3.16. The number of hydrogen-bond acceptors (Lipinski definition) is 3. The molecule has 0 fully saturated rings. The summed E-state index contributed by atoms with van der Waals surface area (Å²) in [6.45, 7) is 3.80. The molecule has 1 unspecified atom stereocenters. The van der Waals surface area contributed by atoms with E-state index in [1.54, 1.807) is 0 Å². The van der Waals surface area contributed by atoms with E-state index in [1.165, 1.54) is 0 Å². The third-order valence-corrected chi connectivity index (χ3v) is 3.16. The number of furan rings is 1. The Morgan fingerprint density at radius 1 is 1.35 bits per heavy atom. The third kappa shape index (κ3) is 3.88. The first-order valence-corrected chi connectivity index (χ1v) is 6.74. The van der Waals surface area contributed by atoms with Gasteiger partial charge in [0.15, 0.2) is 0 Å². The molecule has 0 aliphatic carbocycles. The van der Waals surface area contributed by atoms with Crippen molar-refractivity contribution >= 4 is 11.6 Å². The molecule has 0 saturated heterocycles. The van der Waals surface area contributed by atoms with Gasteiger partial charge in [-0.3, -0.25) is 4.79 Å². The van der Waals surface area contributed by atoms with Crippen LogP contribution in [-0.2, 0) is 11.2 Å². The standard InChI is InChI=1S/C16H20N2O2/c1-11-6-8-15(20-11)12(2)18-16(19)9-7-13-4-3-5-14(17)10-13/h3-6,8,10,12H,7,9,17H2,1-2H3,(H,18,19). The van der Waals surface area contributed by atoms with Gasteiger partial charge in [0.25, 0.3) is 0 Å². The molecule has 106 valence electrons. The van der Waals surface area contributed by atoms with Crippen molar-refractivity contribution in [2.24, 2.45) is 0 Å². The van der Waals surface area contributed by atoms with Crippen LogP contribution in [0, 0.1) is 6.92 Å². The fourth-order valence-electron chi connectivity index (χ4n) is 2.08. The Labute approximate surface area is 119 Å². The highest BCUT2D eigenvalue weighted by Crippen LogP contribution is 2.16. The number of hydrogen-bond donors (Lipinski definition) is 2. The molecular weight excluding hydrogens is 252 g/mol. The number of aryl methyl sites for hydroxylation is 2. The summed E-state index contributed by atoms with van der Waals surface area (Å²) < 4.78 is 5.49. The van der Waals surface area contributed by atoms with Gasteiger partial charge in [-0.05, 0) is 50.1 Å². The molecule has 2 aromatic rings. The van der Waals surface area contributed by atoms with Crippen molar-refractivity contribution in [3.8, 4) is 0 Å². The summed E-state index contributed by atoms with van der Waals surface area (Å²) in [5.74, 6) is 1.63. The summed E-state index contributed by atoms with van der Waals surface area (Å²) in [6.07, 6.45) is 1.12. The van der Waals surface area contributed by atoms with Crippen LogP contribution in [0.25, 0.3) is 0 Å². The summed E-state index contributed by atoms with van der Waals surface area (Å²) in [6, 6.07) is 11.3. The highest BCUT2D eigenvalue weighted by molar-refractivity contribution is 5.76. The van der Waals surface area contributed by atoms with Crippen molar-refractivity contribution < 1.29 is 9.21 Å². The fraction of sp³-hybridized carbons (Fsp3) is 0.312. The van der Waals surface area contributed by atoms with Crippen molar-refractivity contribution in [1.82, 2.24) is 5.32 Å². The maximum absolute atomic E-state index is 11.9. The second-order valence-electron chi connectivity index (χ2n) is 4.98. The van der Waals surface area contributed by atoms with Gasteiger partial charge in [-0.25, -0.2) is 0 Å².